The van der Waals surface area contributed by atoms with E-state index in [1.807, 2.05) is 0 Å². The SMILES string of the molecule is NC(N)=O.[Br-]. The lowest BCUT2D eigenvalue weighted by molar-refractivity contribution is -0.00000446. The van der Waals surface area contributed by atoms with E-state index in [9.17, 15) is 0 Å². The standard InChI is InChI=1S/CH4N2O.BrH/c2-1(3)4;/h(H4,2,3,4);1H/p-1. The summed E-state index contributed by atoms with van der Waals surface area (Å²) in [5, 5.41) is 0. The van der Waals surface area contributed by atoms with E-state index < -0.39 is 6.03 Å². The molecule has 0 saturated carbocycles. The molecule has 0 radical (unpaired) electrons. The van der Waals surface area contributed by atoms with Gasteiger partial charge in [-0.15, -0.1) is 0 Å². The van der Waals surface area contributed by atoms with Crippen LogP contribution in [0.5, 0.6) is 0 Å². The van der Waals surface area contributed by atoms with Gasteiger partial charge in [0.15, 0.2) is 0 Å². The number of primary amides is 2. The van der Waals surface area contributed by atoms with Gasteiger partial charge in [0.2, 0.25) is 0 Å². The van der Waals surface area contributed by atoms with Crippen LogP contribution in [0.15, 0.2) is 0 Å². The average molecular weight is 140 g/mol. The first-order valence-corrected chi connectivity index (χ1v) is 0.781. The molecule has 0 unspecified atom stereocenters. The molecule has 0 fully saturated rings. The molecule has 4 N–H and O–H groups in total. The van der Waals surface area contributed by atoms with Gasteiger partial charge in [-0.2, -0.15) is 0 Å². The Kier molecular flexibility index (Phi) is 6.62. The fourth-order valence-electron chi connectivity index (χ4n) is 0. The van der Waals surface area contributed by atoms with Crippen molar-refractivity contribution in [2.45, 2.75) is 0 Å². The molecule has 0 atom stereocenters. The maximum atomic E-state index is 9.00. The van der Waals surface area contributed by atoms with Gasteiger partial charge in [-0.25, -0.2) is 4.79 Å². The van der Waals surface area contributed by atoms with Gasteiger partial charge in [0.25, 0.3) is 0 Å². The minimum Gasteiger partial charge on any atom is -1.00 e. The van der Waals surface area contributed by atoms with Crippen molar-refractivity contribution < 1.29 is 21.8 Å². The van der Waals surface area contributed by atoms with Crippen LogP contribution in [0.25, 0.3) is 0 Å². The van der Waals surface area contributed by atoms with E-state index in [1.54, 1.807) is 0 Å². The number of urea groups is 1. The van der Waals surface area contributed by atoms with Gasteiger partial charge in [0.05, 0.1) is 0 Å². The molecule has 0 aliphatic heterocycles. The molecular formula is CH4BrN2O-. The summed E-state index contributed by atoms with van der Waals surface area (Å²) in [4.78, 5) is 9.00. The summed E-state index contributed by atoms with van der Waals surface area (Å²) in [6, 6.07) is -0.833. The number of hydrogen-bond acceptors (Lipinski definition) is 1. The predicted molar refractivity (Wildman–Crippen MR) is 13.8 cm³/mol. The smallest absolute Gasteiger partial charge is 0.309 e. The van der Waals surface area contributed by atoms with Crippen molar-refractivity contribution in [3.63, 3.8) is 0 Å². The van der Waals surface area contributed by atoms with Crippen molar-refractivity contribution in [2.75, 3.05) is 0 Å². The van der Waals surface area contributed by atoms with E-state index in [0.29, 0.717) is 0 Å². The Morgan fingerprint density at radius 3 is 1.40 bits per heavy atom. The minimum atomic E-state index is -0.833. The summed E-state index contributed by atoms with van der Waals surface area (Å²) in [5.74, 6) is 0. The van der Waals surface area contributed by atoms with E-state index in [2.05, 4.69) is 11.5 Å². The van der Waals surface area contributed by atoms with Gasteiger partial charge < -0.3 is 28.4 Å². The Bertz CT molecular complexity index is 32.6. The quantitative estimate of drug-likeness (QED) is 0.354. The summed E-state index contributed by atoms with van der Waals surface area (Å²) in [6.45, 7) is 0. The van der Waals surface area contributed by atoms with Crippen LogP contribution >= 0.6 is 0 Å². The van der Waals surface area contributed by atoms with Gasteiger partial charge in [0, 0.05) is 0 Å². The highest BCUT2D eigenvalue weighted by Gasteiger charge is 1.60. The average Bonchev–Trinajstić information content (AvgIpc) is 0.811. The maximum Gasteiger partial charge on any atom is 0.309 e. The Hall–Kier alpha value is -0.250. The van der Waals surface area contributed by atoms with Crippen molar-refractivity contribution >= 4 is 6.03 Å². The molecule has 3 nitrogen and oxygen atoms in total. The molecule has 0 bridgehead atoms. The summed E-state index contributed by atoms with van der Waals surface area (Å²) >= 11 is 0. The number of carbonyl (C=O) groups is 1. The maximum absolute atomic E-state index is 9.00. The molecular weight excluding hydrogens is 136 g/mol. The Morgan fingerprint density at radius 2 is 1.40 bits per heavy atom. The Labute approximate surface area is 40.1 Å². The highest BCUT2D eigenvalue weighted by Crippen LogP contribution is 1.25. The Morgan fingerprint density at radius 1 is 1.40 bits per heavy atom. The monoisotopic (exact) mass is 139 g/mol. The second kappa shape index (κ2) is 3.75. The zero-order chi connectivity index (χ0) is 3.58. The molecule has 0 saturated heterocycles. The highest BCUT2D eigenvalue weighted by atomic mass is 79.9. The van der Waals surface area contributed by atoms with Crippen molar-refractivity contribution in [3.05, 3.63) is 0 Å². The summed E-state index contributed by atoms with van der Waals surface area (Å²) in [6.07, 6.45) is 0. The molecule has 2 amide bonds. The number of amides is 2. The summed E-state index contributed by atoms with van der Waals surface area (Å²) in [5.41, 5.74) is 8.50. The molecule has 0 aliphatic rings. The normalized spacial score (nSPS) is 4.80. The lowest BCUT2D eigenvalue weighted by Crippen LogP contribution is -3.00. The highest BCUT2D eigenvalue weighted by molar-refractivity contribution is 5.69. The van der Waals surface area contributed by atoms with Crippen LogP contribution in [-0.2, 0) is 0 Å². The minimum absolute atomic E-state index is 0. The fourth-order valence-corrected chi connectivity index (χ4v) is 0. The number of nitrogens with two attached hydrogens (primary N) is 2. The van der Waals surface area contributed by atoms with Crippen molar-refractivity contribution in [3.8, 4) is 0 Å². The van der Waals surface area contributed by atoms with E-state index in [0.717, 1.165) is 0 Å². The zero-order valence-corrected chi connectivity index (χ0v) is 4.03. The van der Waals surface area contributed by atoms with Crippen LogP contribution < -0.4 is 28.4 Å². The largest absolute Gasteiger partial charge is 1.00 e. The number of halogens is 1. The third-order valence-electron chi connectivity index (χ3n) is 0. The molecule has 0 aromatic heterocycles. The molecule has 0 heterocycles. The molecule has 0 spiro atoms. The van der Waals surface area contributed by atoms with Crippen molar-refractivity contribution in [1.82, 2.24) is 0 Å². The van der Waals surface area contributed by atoms with Crippen molar-refractivity contribution in [2.24, 2.45) is 11.5 Å². The topological polar surface area (TPSA) is 69.1 Å². The predicted octanol–water partition coefficient (Wildman–Crippen LogP) is -3.97. The van der Waals surface area contributed by atoms with Gasteiger partial charge in [-0.05, 0) is 0 Å². The van der Waals surface area contributed by atoms with Crippen LogP contribution in [0.3, 0.4) is 0 Å². The molecule has 4 heteroatoms. The third-order valence-corrected chi connectivity index (χ3v) is 0. The van der Waals surface area contributed by atoms with Gasteiger partial charge in [0.1, 0.15) is 0 Å². The second-order valence-electron chi connectivity index (χ2n) is 0.402. The van der Waals surface area contributed by atoms with E-state index >= 15 is 0 Å². The first-order valence-electron chi connectivity index (χ1n) is 0.781. The van der Waals surface area contributed by atoms with Crippen LogP contribution in [-0.4, -0.2) is 6.03 Å². The molecule has 0 aliphatic carbocycles. The van der Waals surface area contributed by atoms with Gasteiger partial charge in [-0.3, -0.25) is 0 Å². The van der Waals surface area contributed by atoms with Crippen LogP contribution in [0, 0.1) is 0 Å². The summed E-state index contributed by atoms with van der Waals surface area (Å²) < 4.78 is 0. The molecule has 0 aromatic rings. The molecule has 32 valence electrons. The fraction of sp³-hybridized carbons (Fsp3) is 0. The van der Waals surface area contributed by atoms with E-state index in [1.165, 1.54) is 0 Å². The van der Waals surface area contributed by atoms with E-state index in [4.69, 9.17) is 4.79 Å². The first-order chi connectivity index (χ1) is 1.73. The number of rotatable bonds is 0. The Balaban J connectivity index is 0. The van der Waals surface area contributed by atoms with Gasteiger partial charge >= 0.3 is 6.03 Å². The van der Waals surface area contributed by atoms with Crippen LogP contribution in [0.4, 0.5) is 4.79 Å². The molecule has 0 rings (SSSR count). The number of carbonyl (C=O) groups excluding carboxylic acids is 1. The van der Waals surface area contributed by atoms with Crippen LogP contribution in [0.2, 0.25) is 0 Å². The third kappa shape index (κ3) is 184. The summed E-state index contributed by atoms with van der Waals surface area (Å²) in [7, 11) is 0. The second-order valence-corrected chi connectivity index (χ2v) is 0.402. The van der Waals surface area contributed by atoms with E-state index in [-0.39, 0.29) is 17.0 Å². The molecule has 5 heavy (non-hydrogen) atoms. The number of hydrogen-bond donors (Lipinski definition) is 2. The van der Waals surface area contributed by atoms with Gasteiger partial charge in [-0.1, -0.05) is 0 Å². The lowest BCUT2D eigenvalue weighted by Gasteiger charge is -1.62. The lowest BCUT2D eigenvalue weighted by atomic mass is 11.2. The first kappa shape index (κ1) is 8.83. The molecule has 0 aromatic carbocycles. The van der Waals surface area contributed by atoms with Crippen molar-refractivity contribution in [1.29, 1.82) is 0 Å². The zero-order valence-electron chi connectivity index (χ0n) is 2.44. The van der Waals surface area contributed by atoms with Crippen LogP contribution in [0.1, 0.15) is 0 Å².